The van der Waals surface area contributed by atoms with E-state index in [0.717, 1.165) is 5.56 Å². The average Bonchev–Trinajstić information content (AvgIpc) is 2.29. The number of halogens is 1. The highest BCUT2D eigenvalue weighted by Crippen LogP contribution is 2.18. The Morgan fingerprint density at radius 3 is 2.88 bits per heavy atom. The Morgan fingerprint density at radius 1 is 1.41 bits per heavy atom. The maximum atomic E-state index is 13.3. The minimum atomic E-state index is -0.383. The Balaban J connectivity index is 2.31. The van der Waals surface area contributed by atoms with Gasteiger partial charge < -0.3 is 9.47 Å². The zero-order chi connectivity index (χ0) is 12.7. The Labute approximate surface area is 101 Å². The standard InChI is InChI=1S/C13H17FO3/c1-3-16-13(15)5-4-8-17-12-9-10(2)6-7-11(12)14/h6-7,9H,3-5,8H2,1-2H3. The van der Waals surface area contributed by atoms with E-state index in [4.69, 9.17) is 9.47 Å². The Morgan fingerprint density at radius 2 is 2.18 bits per heavy atom. The molecule has 0 atom stereocenters. The van der Waals surface area contributed by atoms with Gasteiger partial charge in [-0.3, -0.25) is 4.79 Å². The lowest BCUT2D eigenvalue weighted by atomic mass is 10.2. The van der Waals surface area contributed by atoms with E-state index >= 15 is 0 Å². The second-order valence-electron chi connectivity index (χ2n) is 3.69. The van der Waals surface area contributed by atoms with E-state index in [1.54, 1.807) is 19.1 Å². The van der Waals surface area contributed by atoms with E-state index in [0.29, 0.717) is 26.1 Å². The van der Waals surface area contributed by atoms with Crippen LogP contribution in [0.15, 0.2) is 18.2 Å². The minimum absolute atomic E-state index is 0.230. The normalized spacial score (nSPS) is 10.1. The molecular weight excluding hydrogens is 223 g/mol. The molecule has 0 radical (unpaired) electrons. The van der Waals surface area contributed by atoms with Gasteiger partial charge in [0, 0.05) is 6.42 Å². The molecule has 0 spiro atoms. The quantitative estimate of drug-likeness (QED) is 0.566. The fraction of sp³-hybridized carbons (Fsp3) is 0.462. The van der Waals surface area contributed by atoms with E-state index in [1.165, 1.54) is 6.07 Å². The van der Waals surface area contributed by atoms with Gasteiger partial charge in [-0.1, -0.05) is 6.07 Å². The van der Waals surface area contributed by atoms with E-state index in [1.807, 2.05) is 6.92 Å². The molecule has 4 heteroatoms. The predicted molar refractivity (Wildman–Crippen MR) is 62.5 cm³/mol. The van der Waals surface area contributed by atoms with Gasteiger partial charge in [-0.15, -0.1) is 0 Å². The molecule has 0 aliphatic carbocycles. The lowest BCUT2D eigenvalue weighted by Crippen LogP contribution is -2.07. The highest BCUT2D eigenvalue weighted by atomic mass is 19.1. The third-order valence-corrected chi connectivity index (χ3v) is 2.17. The molecule has 0 saturated carbocycles. The third-order valence-electron chi connectivity index (χ3n) is 2.17. The number of carbonyl (C=O) groups excluding carboxylic acids is 1. The van der Waals surface area contributed by atoms with Gasteiger partial charge in [0.25, 0.3) is 0 Å². The molecule has 0 aromatic heterocycles. The summed E-state index contributed by atoms with van der Waals surface area (Å²) in [6, 6.07) is 4.69. The zero-order valence-electron chi connectivity index (χ0n) is 10.2. The number of hydrogen-bond acceptors (Lipinski definition) is 3. The van der Waals surface area contributed by atoms with Gasteiger partial charge in [0.15, 0.2) is 11.6 Å². The molecule has 1 aromatic rings. The topological polar surface area (TPSA) is 35.5 Å². The van der Waals surface area contributed by atoms with Gasteiger partial charge in [-0.05, 0) is 38.0 Å². The molecule has 0 fully saturated rings. The van der Waals surface area contributed by atoms with Crippen LogP contribution >= 0.6 is 0 Å². The lowest BCUT2D eigenvalue weighted by molar-refractivity contribution is -0.143. The van der Waals surface area contributed by atoms with Crippen LogP contribution in [0.1, 0.15) is 25.3 Å². The molecule has 0 N–H and O–H groups in total. The van der Waals surface area contributed by atoms with Crippen LogP contribution in [0.2, 0.25) is 0 Å². The van der Waals surface area contributed by atoms with Crippen molar-refractivity contribution in [1.82, 2.24) is 0 Å². The van der Waals surface area contributed by atoms with Crippen LogP contribution in [0, 0.1) is 12.7 Å². The van der Waals surface area contributed by atoms with Crippen molar-refractivity contribution < 1.29 is 18.7 Å². The summed E-state index contributed by atoms with van der Waals surface area (Å²) < 4.78 is 23.3. The smallest absolute Gasteiger partial charge is 0.305 e. The van der Waals surface area contributed by atoms with Gasteiger partial charge in [0.2, 0.25) is 0 Å². The SMILES string of the molecule is CCOC(=O)CCCOc1cc(C)ccc1F. The molecular formula is C13H17FO3. The fourth-order valence-electron chi connectivity index (χ4n) is 1.35. The predicted octanol–water partition coefficient (Wildman–Crippen LogP) is 2.86. The molecule has 0 saturated heterocycles. The van der Waals surface area contributed by atoms with Crippen LogP contribution in [0.25, 0.3) is 0 Å². The maximum Gasteiger partial charge on any atom is 0.305 e. The minimum Gasteiger partial charge on any atom is -0.490 e. The Kier molecular flexibility index (Phi) is 5.46. The summed E-state index contributed by atoms with van der Waals surface area (Å²) in [6.45, 7) is 4.31. The largest absolute Gasteiger partial charge is 0.490 e. The zero-order valence-corrected chi connectivity index (χ0v) is 10.2. The summed E-state index contributed by atoms with van der Waals surface area (Å²) in [5.41, 5.74) is 0.937. The maximum absolute atomic E-state index is 13.3. The summed E-state index contributed by atoms with van der Waals surface area (Å²) in [7, 11) is 0. The van der Waals surface area contributed by atoms with Crippen molar-refractivity contribution in [2.24, 2.45) is 0 Å². The summed E-state index contributed by atoms with van der Waals surface area (Å²) in [6.07, 6.45) is 0.813. The first-order valence-corrected chi connectivity index (χ1v) is 5.68. The number of aryl methyl sites for hydroxylation is 1. The molecule has 3 nitrogen and oxygen atoms in total. The van der Waals surface area contributed by atoms with E-state index in [9.17, 15) is 9.18 Å². The lowest BCUT2D eigenvalue weighted by Gasteiger charge is -2.07. The number of esters is 1. The molecule has 94 valence electrons. The summed E-state index contributed by atoms with van der Waals surface area (Å²) in [4.78, 5) is 11.0. The second-order valence-corrected chi connectivity index (χ2v) is 3.69. The molecule has 0 aliphatic rings. The van der Waals surface area contributed by atoms with Gasteiger partial charge in [0.1, 0.15) is 0 Å². The molecule has 17 heavy (non-hydrogen) atoms. The van der Waals surface area contributed by atoms with E-state index < -0.39 is 0 Å². The number of rotatable bonds is 6. The number of hydrogen-bond donors (Lipinski definition) is 0. The number of carbonyl (C=O) groups is 1. The third kappa shape index (κ3) is 4.85. The molecule has 1 aromatic carbocycles. The van der Waals surface area contributed by atoms with Crippen LogP contribution in [0.4, 0.5) is 4.39 Å². The van der Waals surface area contributed by atoms with E-state index in [-0.39, 0.29) is 17.5 Å². The second kappa shape index (κ2) is 6.89. The summed E-state index contributed by atoms with van der Waals surface area (Å²) in [5.74, 6) is -0.401. The highest BCUT2D eigenvalue weighted by Gasteiger charge is 2.05. The van der Waals surface area contributed by atoms with Crippen molar-refractivity contribution in [3.05, 3.63) is 29.6 Å². The first-order chi connectivity index (χ1) is 8.13. The van der Waals surface area contributed by atoms with Crippen LogP contribution < -0.4 is 4.74 Å². The molecule has 1 rings (SSSR count). The summed E-state index contributed by atoms with van der Waals surface area (Å²) in [5, 5.41) is 0. The molecule has 0 unspecified atom stereocenters. The van der Waals surface area contributed by atoms with Crippen molar-refractivity contribution in [1.29, 1.82) is 0 Å². The van der Waals surface area contributed by atoms with Crippen LogP contribution in [0.3, 0.4) is 0 Å². The Hall–Kier alpha value is -1.58. The first kappa shape index (κ1) is 13.5. The molecule has 0 amide bonds. The van der Waals surface area contributed by atoms with Crippen molar-refractivity contribution in [2.45, 2.75) is 26.7 Å². The van der Waals surface area contributed by atoms with Crippen LogP contribution in [-0.2, 0) is 9.53 Å². The van der Waals surface area contributed by atoms with Gasteiger partial charge in [-0.25, -0.2) is 4.39 Å². The van der Waals surface area contributed by atoms with E-state index in [2.05, 4.69) is 0 Å². The van der Waals surface area contributed by atoms with Crippen molar-refractivity contribution in [2.75, 3.05) is 13.2 Å². The highest BCUT2D eigenvalue weighted by molar-refractivity contribution is 5.69. The van der Waals surface area contributed by atoms with Crippen molar-refractivity contribution >= 4 is 5.97 Å². The van der Waals surface area contributed by atoms with Gasteiger partial charge >= 0.3 is 5.97 Å². The summed E-state index contributed by atoms with van der Waals surface area (Å²) >= 11 is 0. The monoisotopic (exact) mass is 240 g/mol. The average molecular weight is 240 g/mol. The van der Waals surface area contributed by atoms with Gasteiger partial charge in [-0.2, -0.15) is 0 Å². The molecule has 0 bridgehead atoms. The fourth-order valence-corrected chi connectivity index (χ4v) is 1.35. The molecule has 0 aliphatic heterocycles. The Bertz CT molecular complexity index is 377. The molecule has 0 heterocycles. The van der Waals surface area contributed by atoms with Crippen molar-refractivity contribution in [3.8, 4) is 5.75 Å². The number of ether oxygens (including phenoxy) is 2. The van der Waals surface area contributed by atoms with Gasteiger partial charge in [0.05, 0.1) is 13.2 Å². The first-order valence-electron chi connectivity index (χ1n) is 5.68. The number of benzene rings is 1. The van der Waals surface area contributed by atoms with Crippen molar-refractivity contribution in [3.63, 3.8) is 0 Å². The van der Waals surface area contributed by atoms with Crippen LogP contribution in [-0.4, -0.2) is 19.2 Å². The van der Waals surface area contributed by atoms with Crippen LogP contribution in [0.5, 0.6) is 5.75 Å².